The minimum atomic E-state index is -0.311. The Bertz CT molecular complexity index is 1570. The monoisotopic (exact) mass is 556 g/mol. The number of carbonyl (C=O) groups is 1. The number of fused-ring (bicyclic) bond motifs is 2. The summed E-state index contributed by atoms with van der Waals surface area (Å²) in [5.41, 5.74) is 7.54. The lowest BCUT2D eigenvalue weighted by atomic mass is 10.0. The first-order valence-corrected chi connectivity index (χ1v) is 14.1. The number of likely N-dealkylation sites (N-methyl/N-ethyl adjacent to an activating group) is 2. The third kappa shape index (κ3) is 7.53. The number of amides is 1. The average molecular weight is 557 g/mol. The van der Waals surface area contributed by atoms with Gasteiger partial charge in [-0.2, -0.15) is 5.10 Å². The molecule has 1 aliphatic heterocycles. The SMILES string of the molecule is CN(C)CCc1c[nH]c2ccc(C[C@H]3COC(=O)N3)cc12.CN(C)CCc1c[nH]c2ccc(Cn3cncn3)cc12. The first kappa shape index (κ1) is 28.4. The molecule has 4 heterocycles. The van der Waals surface area contributed by atoms with Crippen LogP contribution in [0.5, 0.6) is 0 Å². The Morgan fingerprint density at radius 2 is 1.51 bits per heavy atom. The Labute approximate surface area is 240 Å². The van der Waals surface area contributed by atoms with Crippen LogP contribution < -0.4 is 5.32 Å². The van der Waals surface area contributed by atoms with Gasteiger partial charge in [0.2, 0.25) is 0 Å². The molecule has 0 aliphatic carbocycles. The van der Waals surface area contributed by atoms with E-state index in [2.05, 4.69) is 112 Å². The quantitative estimate of drug-likeness (QED) is 0.241. The van der Waals surface area contributed by atoms with Crippen molar-refractivity contribution in [3.05, 3.63) is 83.7 Å². The fourth-order valence-corrected chi connectivity index (χ4v) is 5.10. The first-order chi connectivity index (χ1) is 19.8. The molecule has 1 aliphatic rings. The van der Waals surface area contributed by atoms with Gasteiger partial charge in [0.05, 0.1) is 12.6 Å². The fraction of sp³-hybridized carbons (Fsp3) is 0.387. The zero-order valence-electron chi connectivity index (χ0n) is 24.4. The van der Waals surface area contributed by atoms with E-state index in [1.54, 1.807) is 12.7 Å². The van der Waals surface area contributed by atoms with Crippen LogP contribution in [-0.2, 0) is 30.5 Å². The van der Waals surface area contributed by atoms with E-state index in [-0.39, 0.29) is 12.1 Å². The molecule has 2 aromatic carbocycles. The number of aromatic nitrogens is 5. The summed E-state index contributed by atoms with van der Waals surface area (Å²) < 4.78 is 6.78. The number of hydrogen-bond donors (Lipinski definition) is 3. The number of carbonyl (C=O) groups excluding carboxylic acids is 1. The maximum absolute atomic E-state index is 11.1. The second kappa shape index (κ2) is 13.0. The molecular weight excluding hydrogens is 516 g/mol. The molecule has 6 rings (SSSR count). The number of rotatable bonds is 10. The van der Waals surface area contributed by atoms with Gasteiger partial charge >= 0.3 is 6.09 Å². The lowest BCUT2D eigenvalue weighted by molar-refractivity contribution is 0.177. The van der Waals surface area contributed by atoms with E-state index in [0.29, 0.717) is 6.61 Å². The molecule has 216 valence electrons. The number of cyclic esters (lactones) is 1. The topological polar surface area (TPSA) is 107 Å². The molecule has 1 fully saturated rings. The van der Waals surface area contributed by atoms with Crippen LogP contribution in [0.4, 0.5) is 4.79 Å². The van der Waals surface area contributed by atoms with Crippen LogP contribution in [0, 0.1) is 0 Å². The highest BCUT2D eigenvalue weighted by Crippen LogP contribution is 2.22. The predicted molar refractivity (Wildman–Crippen MR) is 162 cm³/mol. The summed E-state index contributed by atoms with van der Waals surface area (Å²) in [7, 11) is 8.38. The van der Waals surface area contributed by atoms with Crippen molar-refractivity contribution in [2.45, 2.75) is 31.8 Å². The summed E-state index contributed by atoms with van der Waals surface area (Å²) in [5, 5.41) is 9.56. The second-order valence-corrected chi connectivity index (χ2v) is 11.2. The second-order valence-electron chi connectivity index (χ2n) is 11.2. The van der Waals surface area contributed by atoms with E-state index < -0.39 is 0 Å². The molecule has 10 heteroatoms. The fourth-order valence-electron chi connectivity index (χ4n) is 5.10. The Morgan fingerprint density at radius 3 is 2.05 bits per heavy atom. The van der Waals surface area contributed by atoms with E-state index in [1.807, 2.05) is 4.68 Å². The van der Waals surface area contributed by atoms with Gasteiger partial charge in [0.15, 0.2) is 0 Å². The van der Waals surface area contributed by atoms with Crippen LogP contribution in [0.2, 0.25) is 0 Å². The molecule has 3 aromatic heterocycles. The van der Waals surface area contributed by atoms with Crippen molar-refractivity contribution < 1.29 is 9.53 Å². The van der Waals surface area contributed by atoms with Crippen molar-refractivity contribution >= 4 is 27.9 Å². The van der Waals surface area contributed by atoms with Crippen molar-refractivity contribution in [2.24, 2.45) is 0 Å². The number of benzene rings is 2. The number of nitrogens with zero attached hydrogens (tertiary/aromatic N) is 5. The Morgan fingerprint density at radius 1 is 0.902 bits per heavy atom. The van der Waals surface area contributed by atoms with Gasteiger partial charge in [-0.25, -0.2) is 14.5 Å². The summed E-state index contributed by atoms with van der Waals surface area (Å²) in [4.78, 5) is 26.1. The van der Waals surface area contributed by atoms with E-state index in [0.717, 1.165) is 38.9 Å². The number of ether oxygens (including phenoxy) is 1. The van der Waals surface area contributed by atoms with Crippen molar-refractivity contribution in [3.8, 4) is 0 Å². The zero-order valence-corrected chi connectivity index (χ0v) is 24.4. The lowest BCUT2D eigenvalue weighted by Gasteiger charge is -2.09. The maximum atomic E-state index is 11.1. The van der Waals surface area contributed by atoms with E-state index >= 15 is 0 Å². The number of alkyl carbamates (subject to hydrolysis) is 1. The Balaban J connectivity index is 0.000000165. The van der Waals surface area contributed by atoms with Gasteiger partial charge in [-0.1, -0.05) is 12.1 Å². The van der Waals surface area contributed by atoms with Crippen molar-refractivity contribution in [1.82, 2.24) is 39.8 Å². The van der Waals surface area contributed by atoms with Crippen molar-refractivity contribution in [2.75, 3.05) is 47.9 Å². The molecule has 1 atom stereocenters. The molecule has 10 nitrogen and oxygen atoms in total. The molecule has 1 saturated heterocycles. The Hall–Kier alpha value is -4.15. The van der Waals surface area contributed by atoms with Gasteiger partial charge in [0, 0.05) is 47.3 Å². The van der Waals surface area contributed by atoms with Gasteiger partial charge in [0.25, 0.3) is 0 Å². The van der Waals surface area contributed by atoms with Gasteiger partial charge in [-0.15, -0.1) is 0 Å². The maximum Gasteiger partial charge on any atom is 0.407 e. The van der Waals surface area contributed by atoms with E-state index in [1.165, 1.54) is 44.1 Å². The van der Waals surface area contributed by atoms with Gasteiger partial charge < -0.3 is 29.8 Å². The zero-order chi connectivity index (χ0) is 28.8. The molecular formula is C31H40N8O2. The number of hydrogen-bond acceptors (Lipinski definition) is 6. The molecule has 0 spiro atoms. The minimum Gasteiger partial charge on any atom is -0.447 e. The van der Waals surface area contributed by atoms with Crippen LogP contribution in [-0.4, -0.2) is 94.6 Å². The summed E-state index contributed by atoms with van der Waals surface area (Å²) in [5.74, 6) is 0. The van der Waals surface area contributed by atoms with Crippen LogP contribution in [0.15, 0.2) is 61.4 Å². The van der Waals surface area contributed by atoms with Crippen LogP contribution in [0.3, 0.4) is 0 Å². The molecule has 0 radical (unpaired) electrons. The molecule has 0 saturated carbocycles. The molecule has 5 aromatic rings. The largest absolute Gasteiger partial charge is 0.447 e. The predicted octanol–water partition coefficient (Wildman–Crippen LogP) is 3.83. The Kier molecular flexibility index (Phi) is 9.01. The van der Waals surface area contributed by atoms with Crippen molar-refractivity contribution in [1.29, 1.82) is 0 Å². The smallest absolute Gasteiger partial charge is 0.407 e. The third-order valence-electron chi connectivity index (χ3n) is 7.35. The molecule has 0 bridgehead atoms. The normalized spacial score (nSPS) is 15.0. The standard InChI is InChI=1S/C16H21N3O2.C15H19N5/c1-19(2)6-5-12-9-17-15-4-3-11(8-14(12)15)7-13-10-21-16(20)18-13;1-19(2)6-5-13-8-17-15-4-3-12(7-14(13)15)9-20-11-16-10-18-20/h3-4,8-9,13,17H,5-7,10H2,1-2H3,(H,18,20);3-4,7-8,10-11,17H,5-6,9H2,1-2H3/t13-;/m0./s1. The molecule has 3 N–H and O–H groups in total. The van der Waals surface area contributed by atoms with Gasteiger partial charge in [-0.05, 0) is 94.0 Å². The first-order valence-electron chi connectivity index (χ1n) is 14.1. The van der Waals surface area contributed by atoms with Gasteiger partial charge in [0.1, 0.15) is 19.3 Å². The summed E-state index contributed by atoms with van der Waals surface area (Å²) in [6, 6.07) is 13.1. The number of aromatic amines is 2. The van der Waals surface area contributed by atoms with E-state index in [4.69, 9.17) is 4.74 Å². The summed E-state index contributed by atoms with van der Waals surface area (Å²) in [6.45, 7) is 3.30. The number of nitrogens with one attached hydrogen (secondary N) is 3. The van der Waals surface area contributed by atoms with E-state index in [9.17, 15) is 4.79 Å². The highest BCUT2D eigenvalue weighted by atomic mass is 16.6. The highest BCUT2D eigenvalue weighted by Gasteiger charge is 2.22. The van der Waals surface area contributed by atoms with Gasteiger partial charge in [-0.3, -0.25) is 0 Å². The highest BCUT2D eigenvalue weighted by molar-refractivity contribution is 5.84. The average Bonchev–Trinajstić information content (AvgIpc) is 3.75. The lowest BCUT2D eigenvalue weighted by Crippen LogP contribution is -2.28. The van der Waals surface area contributed by atoms with Crippen LogP contribution in [0.1, 0.15) is 22.3 Å². The summed E-state index contributed by atoms with van der Waals surface area (Å²) >= 11 is 0. The summed E-state index contributed by atoms with van der Waals surface area (Å²) in [6.07, 6.45) is 10.1. The molecule has 0 unspecified atom stereocenters. The molecule has 1 amide bonds. The molecule has 41 heavy (non-hydrogen) atoms. The van der Waals surface area contributed by atoms with Crippen molar-refractivity contribution in [3.63, 3.8) is 0 Å². The number of H-pyrrole nitrogens is 2. The van der Waals surface area contributed by atoms with Crippen LogP contribution in [0.25, 0.3) is 21.8 Å². The third-order valence-corrected chi connectivity index (χ3v) is 7.35. The minimum absolute atomic E-state index is 0.0825. The van der Waals surface area contributed by atoms with Crippen LogP contribution >= 0.6 is 0 Å².